The van der Waals surface area contributed by atoms with Crippen LogP contribution in [0.4, 0.5) is 13.2 Å². The van der Waals surface area contributed by atoms with Gasteiger partial charge in [0.05, 0.1) is 19.1 Å². The summed E-state index contributed by atoms with van der Waals surface area (Å²) >= 11 is 0. The maximum Gasteiger partial charge on any atom is 0.262 e. The number of carbonyl (C=O) groups excluding carboxylic acids is 1. The first-order chi connectivity index (χ1) is 9.87. The Labute approximate surface area is 120 Å². The molecule has 1 fully saturated rings. The number of para-hydroxylation sites is 1. The average Bonchev–Trinajstić information content (AvgIpc) is 2.79. The average molecular weight is 302 g/mol. The van der Waals surface area contributed by atoms with Crippen molar-refractivity contribution in [3.63, 3.8) is 0 Å². The van der Waals surface area contributed by atoms with Crippen molar-refractivity contribution in [1.82, 2.24) is 10.6 Å². The second-order valence-corrected chi connectivity index (χ2v) is 5.10. The predicted octanol–water partition coefficient (Wildman–Crippen LogP) is 1.71. The van der Waals surface area contributed by atoms with Gasteiger partial charge >= 0.3 is 0 Å². The van der Waals surface area contributed by atoms with Crippen molar-refractivity contribution in [3.8, 4) is 5.75 Å². The highest BCUT2D eigenvalue weighted by Gasteiger charge is 2.42. The van der Waals surface area contributed by atoms with E-state index in [0.717, 1.165) is 0 Å². The van der Waals surface area contributed by atoms with Crippen LogP contribution in [-0.4, -0.2) is 37.1 Å². The van der Waals surface area contributed by atoms with Crippen molar-refractivity contribution in [1.29, 1.82) is 0 Å². The molecule has 0 saturated carbocycles. The van der Waals surface area contributed by atoms with Crippen molar-refractivity contribution < 1.29 is 22.7 Å². The normalized spacial score (nSPS) is 21.8. The van der Waals surface area contributed by atoms with Gasteiger partial charge in [0, 0.05) is 6.42 Å². The number of hydrogen-bond donors (Lipinski definition) is 2. The Morgan fingerprint density at radius 3 is 2.86 bits per heavy atom. The van der Waals surface area contributed by atoms with Crippen molar-refractivity contribution >= 4 is 5.91 Å². The number of nitrogens with one attached hydrogen (secondary N) is 2. The molecule has 1 amide bonds. The highest BCUT2D eigenvalue weighted by molar-refractivity contribution is 5.82. The monoisotopic (exact) mass is 302 g/mol. The van der Waals surface area contributed by atoms with Crippen LogP contribution in [0.15, 0.2) is 24.3 Å². The molecule has 2 unspecified atom stereocenters. The van der Waals surface area contributed by atoms with Crippen LogP contribution in [0.1, 0.15) is 13.3 Å². The van der Waals surface area contributed by atoms with Crippen LogP contribution in [0.25, 0.3) is 0 Å². The minimum absolute atomic E-state index is 0.0878. The summed E-state index contributed by atoms with van der Waals surface area (Å²) < 4.78 is 44.7. The third-order valence-corrected chi connectivity index (χ3v) is 3.15. The zero-order valence-electron chi connectivity index (χ0n) is 11.5. The molecule has 21 heavy (non-hydrogen) atoms. The van der Waals surface area contributed by atoms with Crippen LogP contribution in [0.2, 0.25) is 0 Å². The summed E-state index contributed by atoms with van der Waals surface area (Å²) in [5.74, 6) is -3.76. The maximum atomic E-state index is 13.4. The molecule has 4 nitrogen and oxygen atoms in total. The van der Waals surface area contributed by atoms with Crippen molar-refractivity contribution in [2.45, 2.75) is 31.4 Å². The van der Waals surface area contributed by atoms with Crippen molar-refractivity contribution in [2.24, 2.45) is 0 Å². The van der Waals surface area contributed by atoms with Crippen LogP contribution >= 0.6 is 0 Å². The third kappa shape index (κ3) is 4.35. The topological polar surface area (TPSA) is 50.4 Å². The number of hydrogen-bond acceptors (Lipinski definition) is 3. The molecule has 116 valence electrons. The molecule has 1 heterocycles. The van der Waals surface area contributed by atoms with Gasteiger partial charge in [-0.05, 0) is 19.1 Å². The van der Waals surface area contributed by atoms with Gasteiger partial charge in [0.1, 0.15) is 6.10 Å². The van der Waals surface area contributed by atoms with Gasteiger partial charge < -0.3 is 10.1 Å². The Kier molecular flexibility index (Phi) is 4.72. The van der Waals surface area contributed by atoms with E-state index in [1.54, 1.807) is 19.1 Å². The van der Waals surface area contributed by atoms with Crippen LogP contribution in [-0.2, 0) is 4.79 Å². The van der Waals surface area contributed by atoms with Gasteiger partial charge in [-0.2, -0.15) is 0 Å². The standard InChI is InChI=1S/C14H17F3N2O2/c1-9(21-12-5-3-2-4-10(12)15)7-18-13(20)11-6-14(16,17)8-19-11/h2-5,9,11,19H,6-8H2,1H3,(H,18,20). The number of amides is 1. The van der Waals surface area contributed by atoms with E-state index in [4.69, 9.17) is 4.74 Å². The van der Waals surface area contributed by atoms with Gasteiger partial charge in [-0.1, -0.05) is 12.1 Å². The fourth-order valence-corrected chi connectivity index (χ4v) is 2.07. The Hall–Kier alpha value is -1.76. The lowest BCUT2D eigenvalue weighted by atomic mass is 10.2. The first-order valence-electron chi connectivity index (χ1n) is 6.67. The minimum Gasteiger partial charge on any atom is -0.486 e. The van der Waals surface area contributed by atoms with Crippen LogP contribution in [0.5, 0.6) is 5.75 Å². The van der Waals surface area contributed by atoms with Gasteiger partial charge in [0.25, 0.3) is 5.92 Å². The van der Waals surface area contributed by atoms with E-state index >= 15 is 0 Å². The molecule has 1 aromatic carbocycles. The summed E-state index contributed by atoms with van der Waals surface area (Å²) in [6.07, 6.45) is -0.991. The SMILES string of the molecule is CC(CNC(=O)C1CC(F)(F)CN1)Oc1ccccc1F. The summed E-state index contributed by atoms with van der Waals surface area (Å²) in [4.78, 5) is 11.7. The van der Waals surface area contributed by atoms with Gasteiger partial charge in [-0.3, -0.25) is 10.1 Å². The van der Waals surface area contributed by atoms with Crippen molar-refractivity contribution in [2.75, 3.05) is 13.1 Å². The quantitative estimate of drug-likeness (QED) is 0.870. The Bertz CT molecular complexity index is 511. The molecule has 1 aliphatic heterocycles. The smallest absolute Gasteiger partial charge is 0.262 e. The second kappa shape index (κ2) is 6.34. The van der Waals surface area contributed by atoms with E-state index in [9.17, 15) is 18.0 Å². The van der Waals surface area contributed by atoms with Gasteiger partial charge in [0.15, 0.2) is 11.6 Å². The van der Waals surface area contributed by atoms with Crippen molar-refractivity contribution in [3.05, 3.63) is 30.1 Å². The van der Waals surface area contributed by atoms with Gasteiger partial charge in [-0.15, -0.1) is 0 Å². The lowest BCUT2D eigenvalue weighted by Gasteiger charge is -2.17. The van der Waals surface area contributed by atoms with E-state index in [2.05, 4.69) is 10.6 Å². The summed E-state index contributed by atoms with van der Waals surface area (Å²) in [6, 6.07) is 5.02. The zero-order valence-corrected chi connectivity index (χ0v) is 11.5. The van der Waals surface area contributed by atoms with E-state index in [-0.39, 0.29) is 12.3 Å². The summed E-state index contributed by atoms with van der Waals surface area (Å²) in [6.45, 7) is 1.27. The molecule has 2 rings (SSSR count). The summed E-state index contributed by atoms with van der Waals surface area (Å²) in [7, 11) is 0. The van der Waals surface area contributed by atoms with Gasteiger partial charge in [-0.25, -0.2) is 13.2 Å². The Morgan fingerprint density at radius 1 is 1.52 bits per heavy atom. The second-order valence-electron chi connectivity index (χ2n) is 5.10. The molecule has 0 bridgehead atoms. The predicted molar refractivity (Wildman–Crippen MR) is 70.9 cm³/mol. The number of benzene rings is 1. The van der Waals surface area contributed by atoms with E-state index in [0.29, 0.717) is 0 Å². The van der Waals surface area contributed by atoms with Crippen LogP contribution in [0.3, 0.4) is 0 Å². The molecular formula is C14H17F3N2O2. The zero-order chi connectivity index (χ0) is 15.5. The Balaban J connectivity index is 1.78. The van der Waals surface area contributed by atoms with E-state index in [1.807, 2.05) is 0 Å². The fraction of sp³-hybridized carbons (Fsp3) is 0.500. The first kappa shape index (κ1) is 15.6. The molecule has 1 saturated heterocycles. The summed E-state index contributed by atoms with van der Waals surface area (Å²) in [5.41, 5.74) is 0. The maximum absolute atomic E-state index is 13.4. The molecule has 1 aromatic rings. The molecule has 2 atom stereocenters. The van der Waals surface area contributed by atoms with Crippen LogP contribution in [0, 0.1) is 5.82 Å². The minimum atomic E-state index is -2.85. The molecule has 7 heteroatoms. The molecular weight excluding hydrogens is 285 g/mol. The number of alkyl halides is 2. The molecule has 0 aromatic heterocycles. The highest BCUT2D eigenvalue weighted by atomic mass is 19.3. The molecule has 0 radical (unpaired) electrons. The molecule has 0 aliphatic carbocycles. The van der Waals surface area contributed by atoms with Crippen LogP contribution < -0.4 is 15.4 Å². The number of carbonyl (C=O) groups is 1. The number of ether oxygens (including phenoxy) is 1. The molecule has 1 aliphatic rings. The highest BCUT2D eigenvalue weighted by Crippen LogP contribution is 2.25. The summed E-state index contributed by atoms with van der Waals surface area (Å²) in [5, 5.41) is 4.99. The van der Waals surface area contributed by atoms with Gasteiger partial charge in [0.2, 0.25) is 5.91 Å². The fourth-order valence-electron chi connectivity index (χ4n) is 2.07. The lowest BCUT2D eigenvalue weighted by molar-refractivity contribution is -0.123. The molecule has 0 spiro atoms. The van der Waals surface area contributed by atoms with E-state index < -0.39 is 42.8 Å². The first-order valence-corrected chi connectivity index (χ1v) is 6.67. The lowest BCUT2D eigenvalue weighted by Crippen LogP contribution is -2.43. The number of rotatable bonds is 5. The number of halogens is 3. The molecule has 2 N–H and O–H groups in total. The third-order valence-electron chi connectivity index (χ3n) is 3.15. The Morgan fingerprint density at radius 2 is 2.24 bits per heavy atom. The van der Waals surface area contributed by atoms with E-state index in [1.165, 1.54) is 12.1 Å². The largest absolute Gasteiger partial charge is 0.486 e.